The van der Waals surface area contributed by atoms with E-state index in [-0.39, 0.29) is 11.6 Å². The van der Waals surface area contributed by atoms with Gasteiger partial charge in [-0.3, -0.25) is 14.9 Å². The van der Waals surface area contributed by atoms with E-state index in [1.54, 1.807) is 12.1 Å². The number of nitro groups is 1. The molecule has 21 heavy (non-hydrogen) atoms. The van der Waals surface area contributed by atoms with Crippen molar-refractivity contribution in [3.05, 3.63) is 34.4 Å². The maximum Gasteiger partial charge on any atom is 0.269 e. The third kappa shape index (κ3) is 4.44. The maximum absolute atomic E-state index is 12.1. The van der Waals surface area contributed by atoms with Gasteiger partial charge in [0.15, 0.2) is 0 Å². The highest BCUT2D eigenvalue weighted by molar-refractivity contribution is 8.00. The van der Waals surface area contributed by atoms with E-state index in [0.717, 1.165) is 30.8 Å². The summed E-state index contributed by atoms with van der Waals surface area (Å²) in [5.41, 5.74) is 5.70. The van der Waals surface area contributed by atoms with Crippen molar-refractivity contribution in [3.8, 4) is 0 Å². The summed E-state index contributed by atoms with van der Waals surface area (Å²) in [7, 11) is 0. The van der Waals surface area contributed by atoms with E-state index in [4.69, 9.17) is 5.73 Å². The van der Waals surface area contributed by atoms with Crippen molar-refractivity contribution in [2.24, 2.45) is 11.7 Å². The topological polar surface area (TPSA) is 89.5 Å². The molecule has 0 bridgehead atoms. The number of carbonyl (C=O) groups excluding carboxylic acids is 1. The molecule has 114 valence electrons. The van der Waals surface area contributed by atoms with Gasteiger partial charge in [0.05, 0.1) is 10.7 Å². The molecule has 0 atom stereocenters. The third-order valence-corrected chi connectivity index (χ3v) is 4.71. The predicted molar refractivity (Wildman–Crippen MR) is 82.2 cm³/mol. The van der Waals surface area contributed by atoms with Crippen LogP contribution in [0.2, 0.25) is 0 Å². The Morgan fingerprint density at radius 2 is 1.95 bits per heavy atom. The van der Waals surface area contributed by atoms with Gasteiger partial charge in [-0.1, -0.05) is 0 Å². The van der Waals surface area contributed by atoms with Crippen molar-refractivity contribution in [2.45, 2.75) is 17.7 Å². The van der Waals surface area contributed by atoms with E-state index in [0.29, 0.717) is 18.2 Å². The van der Waals surface area contributed by atoms with Crippen molar-refractivity contribution >= 4 is 23.4 Å². The number of piperidine rings is 1. The SMILES string of the molecule is NCC1CCN(C(=O)CSc2ccc([N+](=O)[O-])cc2)CC1. The van der Waals surface area contributed by atoms with Gasteiger partial charge in [0.2, 0.25) is 5.91 Å². The zero-order valence-corrected chi connectivity index (χ0v) is 12.6. The van der Waals surface area contributed by atoms with E-state index in [1.165, 1.54) is 23.9 Å². The molecule has 1 saturated heterocycles. The molecule has 0 unspecified atom stereocenters. The molecule has 7 heteroatoms. The lowest BCUT2D eigenvalue weighted by atomic mass is 9.97. The fourth-order valence-electron chi connectivity index (χ4n) is 2.32. The molecule has 0 radical (unpaired) electrons. The molecule has 0 saturated carbocycles. The number of nitro benzene ring substituents is 1. The Morgan fingerprint density at radius 1 is 1.33 bits per heavy atom. The summed E-state index contributed by atoms with van der Waals surface area (Å²) >= 11 is 1.41. The molecule has 6 nitrogen and oxygen atoms in total. The average molecular weight is 309 g/mol. The van der Waals surface area contributed by atoms with E-state index in [9.17, 15) is 14.9 Å². The summed E-state index contributed by atoms with van der Waals surface area (Å²) in [4.78, 5) is 25.0. The second-order valence-electron chi connectivity index (χ2n) is 5.10. The molecule has 2 N–H and O–H groups in total. The number of non-ortho nitro benzene ring substituents is 1. The van der Waals surface area contributed by atoms with Gasteiger partial charge < -0.3 is 10.6 Å². The average Bonchev–Trinajstić information content (AvgIpc) is 2.53. The molecule has 1 amide bonds. The minimum absolute atomic E-state index is 0.0644. The summed E-state index contributed by atoms with van der Waals surface area (Å²) < 4.78 is 0. The molecule has 1 aromatic rings. The van der Waals surface area contributed by atoms with Gasteiger partial charge in [-0.25, -0.2) is 0 Å². The Hall–Kier alpha value is -1.60. The summed E-state index contributed by atoms with van der Waals surface area (Å²) in [5, 5.41) is 10.6. The van der Waals surface area contributed by atoms with Crippen LogP contribution in [0.1, 0.15) is 12.8 Å². The second kappa shape index (κ2) is 7.42. The van der Waals surface area contributed by atoms with Gasteiger partial charge in [0, 0.05) is 30.1 Å². The van der Waals surface area contributed by atoms with Crippen molar-refractivity contribution in [1.29, 1.82) is 0 Å². The second-order valence-corrected chi connectivity index (χ2v) is 6.15. The van der Waals surface area contributed by atoms with Crippen LogP contribution in [0.5, 0.6) is 0 Å². The smallest absolute Gasteiger partial charge is 0.269 e. The summed E-state index contributed by atoms with van der Waals surface area (Å²) in [6.07, 6.45) is 1.95. The van der Waals surface area contributed by atoms with Gasteiger partial charge in [-0.05, 0) is 37.4 Å². The molecule has 1 fully saturated rings. The van der Waals surface area contributed by atoms with E-state index >= 15 is 0 Å². The molecule has 1 aliphatic heterocycles. The minimum atomic E-state index is -0.429. The lowest BCUT2D eigenvalue weighted by Gasteiger charge is -2.31. The maximum atomic E-state index is 12.1. The first-order chi connectivity index (χ1) is 10.1. The fraction of sp³-hybridized carbons (Fsp3) is 0.500. The molecule has 1 aromatic carbocycles. The summed E-state index contributed by atoms with van der Waals surface area (Å²) in [6, 6.07) is 6.27. The molecule has 1 heterocycles. The Labute approximate surface area is 127 Å². The fourth-order valence-corrected chi connectivity index (χ4v) is 3.12. The number of nitrogens with zero attached hydrogens (tertiary/aromatic N) is 2. The molecule has 0 aromatic heterocycles. The first-order valence-corrected chi connectivity index (χ1v) is 7.94. The van der Waals surface area contributed by atoms with Gasteiger partial charge in [0.25, 0.3) is 5.69 Å². The largest absolute Gasteiger partial charge is 0.342 e. The monoisotopic (exact) mass is 309 g/mol. The standard InChI is InChI=1S/C14H19N3O3S/c15-9-11-5-7-16(8-6-11)14(18)10-21-13-3-1-12(2-4-13)17(19)20/h1-4,11H,5-10,15H2. The van der Waals surface area contributed by atoms with Crippen LogP contribution >= 0.6 is 11.8 Å². The van der Waals surface area contributed by atoms with Crippen LogP contribution in [-0.2, 0) is 4.79 Å². The highest BCUT2D eigenvalue weighted by Crippen LogP contribution is 2.23. The highest BCUT2D eigenvalue weighted by Gasteiger charge is 2.21. The van der Waals surface area contributed by atoms with E-state index in [2.05, 4.69) is 0 Å². The van der Waals surface area contributed by atoms with Crippen molar-refractivity contribution in [3.63, 3.8) is 0 Å². The van der Waals surface area contributed by atoms with E-state index in [1.807, 2.05) is 4.90 Å². The molecular weight excluding hydrogens is 290 g/mol. The van der Waals surface area contributed by atoms with Crippen LogP contribution in [0, 0.1) is 16.0 Å². The zero-order valence-electron chi connectivity index (χ0n) is 11.7. The van der Waals surface area contributed by atoms with Crippen LogP contribution in [-0.4, -0.2) is 41.1 Å². The van der Waals surface area contributed by atoms with Crippen LogP contribution < -0.4 is 5.73 Å². The zero-order chi connectivity index (χ0) is 15.2. The van der Waals surface area contributed by atoms with Gasteiger partial charge >= 0.3 is 0 Å². The van der Waals surface area contributed by atoms with Crippen molar-refractivity contribution in [2.75, 3.05) is 25.4 Å². The van der Waals surface area contributed by atoms with Crippen molar-refractivity contribution in [1.82, 2.24) is 4.90 Å². The lowest BCUT2D eigenvalue weighted by Crippen LogP contribution is -2.40. The first kappa shape index (κ1) is 15.8. The van der Waals surface area contributed by atoms with Gasteiger partial charge in [0.1, 0.15) is 0 Å². The third-order valence-electron chi connectivity index (χ3n) is 3.71. The normalized spacial score (nSPS) is 16.0. The number of benzene rings is 1. The lowest BCUT2D eigenvalue weighted by molar-refractivity contribution is -0.384. The Morgan fingerprint density at radius 3 is 2.48 bits per heavy atom. The Bertz CT molecular complexity index is 499. The summed E-state index contributed by atoms with van der Waals surface area (Å²) in [6.45, 7) is 2.25. The van der Waals surface area contributed by atoms with Crippen molar-refractivity contribution < 1.29 is 9.72 Å². The van der Waals surface area contributed by atoms with Crippen LogP contribution in [0.25, 0.3) is 0 Å². The number of amides is 1. The quantitative estimate of drug-likeness (QED) is 0.509. The number of hydrogen-bond donors (Lipinski definition) is 1. The molecular formula is C14H19N3O3S. The number of likely N-dealkylation sites (tertiary alicyclic amines) is 1. The molecule has 0 aliphatic carbocycles. The highest BCUT2D eigenvalue weighted by atomic mass is 32.2. The number of carbonyl (C=O) groups is 1. The number of thioether (sulfide) groups is 1. The van der Waals surface area contributed by atoms with Gasteiger partial charge in [-0.2, -0.15) is 0 Å². The molecule has 1 aliphatic rings. The predicted octanol–water partition coefficient (Wildman–Crippen LogP) is 1.88. The number of rotatable bonds is 5. The molecule has 2 rings (SSSR count). The van der Waals surface area contributed by atoms with Crippen LogP contribution in [0.4, 0.5) is 5.69 Å². The summed E-state index contributed by atoms with van der Waals surface area (Å²) in [5.74, 6) is 1.02. The minimum Gasteiger partial charge on any atom is -0.342 e. The Kier molecular flexibility index (Phi) is 5.58. The Balaban J connectivity index is 1.80. The van der Waals surface area contributed by atoms with Crippen LogP contribution in [0.15, 0.2) is 29.2 Å². The van der Waals surface area contributed by atoms with Gasteiger partial charge in [-0.15, -0.1) is 11.8 Å². The number of hydrogen-bond acceptors (Lipinski definition) is 5. The number of nitrogens with two attached hydrogens (primary N) is 1. The van der Waals surface area contributed by atoms with E-state index < -0.39 is 4.92 Å². The first-order valence-electron chi connectivity index (χ1n) is 6.95. The molecule has 0 spiro atoms. The van der Waals surface area contributed by atoms with Crippen LogP contribution in [0.3, 0.4) is 0 Å².